The number of carbonyl (C=O) groups is 1. The van der Waals surface area contributed by atoms with Gasteiger partial charge in [-0.3, -0.25) is 9.59 Å². The van der Waals surface area contributed by atoms with Crippen molar-refractivity contribution in [3.05, 3.63) is 40.2 Å². The fraction of sp³-hybridized carbons (Fsp3) is 0.600. The summed E-state index contributed by atoms with van der Waals surface area (Å²) in [5, 5.41) is 3.12. The van der Waals surface area contributed by atoms with Crippen LogP contribution in [0.5, 0.6) is 0 Å². The molecule has 1 aromatic carbocycles. The number of pyridine rings is 1. The predicted molar refractivity (Wildman–Crippen MR) is 134 cm³/mol. The molecule has 2 aliphatic rings. The first-order valence-electron chi connectivity index (χ1n) is 12.3. The highest BCUT2D eigenvalue weighted by Gasteiger charge is 2.28. The summed E-state index contributed by atoms with van der Waals surface area (Å²) in [7, 11) is -1.89. The number of rotatable bonds is 7. The number of fused-ring (bicyclic) bond motifs is 1. The molecule has 2 atom stereocenters. The van der Waals surface area contributed by atoms with Crippen molar-refractivity contribution < 1.29 is 13.2 Å². The number of sulfonamides is 1. The Kier molecular flexibility index (Phi) is 7.45. The first-order valence-corrected chi connectivity index (χ1v) is 13.7. The first-order chi connectivity index (χ1) is 16.2. The maximum Gasteiger partial charge on any atom is 0.256 e. The number of nitrogens with one attached hydrogen (secondary N) is 1. The Morgan fingerprint density at radius 1 is 1.12 bits per heavy atom. The Bertz CT molecular complexity index is 1210. The van der Waals surface area contributed by atoms with Crippen molar-refractivity contribution in [1.82, 2.24) is 19.1 Å². The lowest BCUT2D eigenvalue weighted by atomic mass is 9.92. The monoisotopic (exact) mass is 488 g/mol. The van der Waals surface area contributed by atoms with Crippen LogP contribution in [-0.2, 0) is 17.1 Å². The minimum atomic E-state index is -3.65. The Labute approximate surface area is 202 Å². The van der Waals surface area contributed by atoms with E-state index in [1.807, 2.05) is 0 Å². The van der Waals surface area contributed by atoms with Gasteiger partial charge in [0.15, 0.2) is 0 Å². The van der Waals surface area contributed by atoms with Gasteiger partial charge in [0.1, 0.15) is 5.56 Å². The SMILES string of the molecule is C[C@@H]1C[C@@H](C)CN(CCCNC(=O)c2cn(C)c3ccc(S(=O)(=O)N4CCCC4)cc3c2=O)C1. The summed E-state index contributed by atoms with van der Waals surface area (Å²) in [4.78, 5) is 28.6. The van der Waals surface area contributed by atoms with Crippen molar-refractivity contribution in [2.24, 2.45) is 18.9 Å². The van der Waals surface area contributed by atoms with Crippen molar-refractivity contribution in [3.63, 3.8) is 0 Å². The van der Waals surface area contributed by atoms with E-state index in [-0.39, 0.29) is 15.8 Å². The second-order valence-electron chi connectivity index (χ2n) is 10.1. The first kappa shape index (κ1) is 24.9. The average Bonchev–Trinajstić information content (AvgIpc) is 3.34. The number of nitrogens with zero attached hydrogens (tertiary/aromatic N) is 3. The molecule has 0 unspecified atom stereocenters. The molecule has 4 rings (SSSR count). The van der Waals surface area contributed by atoms with Gasteiger partial charge in [-0.05, 0) is 62.3 Å². The van der Waals surface area contributed by atoms with E-state index in [9.17, 15) is 18.0 Å². The quantitative estimate of drug-likeness (QED) is 0.605. The molecule has 1 aromatic heterocycles. The molecule has 2 aromatic rings. The van der Waals surface area contributed by atoms with E-state index in [4.69, 9.17) is 0 Å². The molecule has 2 aliphatic heterocycles. The molecule has 0 aliphatic carbocycles. The fourth-order valence-electron chi connectivity index (χ4n) is 5.45. The predicted octanol–water partition coefficient (Wildman–Crippen LogP) is 2.42. The summed E-state index contributed by atoms with van der Waals surface area (Å²) in [5.74, 6) is 0.965. The van der Waals surface area contributed by atoms with Gasteiger partial charge in [-0.2, -0.15) is 4.31 Å². The van der Waals surface area contributed by atoms with Gasteiger partial charge in [-0.15, -0.1) is 0 Å². The lowest BCUT2D eigenvalue weighted by molar-refractivity contribution is 0.0945. The van der Waals surface area contributed by atoms with Crippen molar-refractivity contribution in [2.75, 3.05) is 39.3 Å². The van der Waals surface area contributed by atoms with Crippen LogP contribution in [0.25, 0.3) is 10.9 Å². The van der Waals surface area contributed by atoms with Gasteiger partial charge in [-0.25, -0.2) is 8.42 Å². The smallest absolute Gasteiger partial charge is 0.256 e. The Hall–Kier alpha value is -2.23. The Balaban J connectivity index is 1.48. The number of aromatic nitrogens is 1. The standard InChI is InChI=1S/C25H36N4O4S/c1-18-13-19(2)16-28(15-18)10-6-9-26-25(31)22-17-27(3)23-8-7-20(14-21(23)24(22)30)34(32,33)29-11-4-5-12-29/h7-8,14,17-19H,4-6,9-13,15-16H2,1-3H3,(H,26,31)/t18-,19-/m1/s1. The topological polar surface area (TPSA) is 91.7 Å². The summed E-state index contributed by atoms with van der Waals surface area (Å²) >= 11 is 0. The van der Waals surface area contributed by atoms with Crippen molar-refractivity contribution in [1.29, 1.82) is 0 Å². The van der Waals surface area contributed by atoms with Crippen molar-refractivity contribution in [3.8, 4) is 0 Å². The van der Waals surface area contributed by atoms with Gasteiger partial charge < -0.3 is 14.8 Å². The highest BCUT2D eigenvalue weighted by Crippen LogP contribution is 2.24. The summed E-state index contributed by atoms with van der Waals surface area (Å²) in [6.07, 6.45) is 5.29. The van der Waals surface area contributed by atoms with Crippen LogP contribution in [0.1, 0.15) is 49.9 Å². The molecule has 34 heavy (non-hydrogen) atoms. The molecule has 0 spiro atoms. The van der Waals surface area contributed by atoms with Crippen molar-refractivity contribution >= 4 is 26.8 Å². The number of carbonyl (C=O) groups excluding carboxylic acids is 1. The molecule has 0 saturated carbocycles. The summed E-state index contributed by atoms with van der Waals surface area (Å²) < 4.78 is 29.1. The van der Waals surface area contributed by atoms with Gasteiger partial charge in [0.25, 0.3) is 5.91 Å². The number of hydrogen-bond acceptors (Lipinski definition) is 5. The van der Waals surface area contributed by atoms with Gasteiger partial charge in [0.05, 0.1) is 10.4 Å². The van der Waals surface area contributed by atoms with E-state index in [1.165, 1.54) is 29.1 Å². The lowest BCUT2D eigenvalue weighted by Gasteiger charge is -2.34. The Morgan fingerprint density at radius 3 is 2.47 bits per heavy atom. The van der Waals surface area contributed by atoms with Gasteiger partial charge in [-0.1, -0.05) is 13.8 Å². The molecule has 0 radical (unpaired) electrons. The average molecular weight is 489 g/mol. The summed E-state index contributed by atoms with van der Waals surface area (Å²) in [6, 6.07) is 4.60. The summed E-state index contributed by atoms with van der Waals surface area (Å²) in [5.41, 5.74) is 0.184. The van der Waals surface area contributed by atoms with E-state index < -0.39 is 21.4 Å². The van der Waals surface area contributed by atoms with Crippen LogP contribution in [-0.4, -0.2) is 67.4 Å². The zero-order valence-electron chi connectivity index (χ0n) is 20.4. The molecule has 3 heterocycles. The minimum absolute atomic E-state index is 0.0333. The molecule has 186 valence electrons. The number of piperidine rings is 1. The van der Waals surface area contributed by atoms with Crippen LogP contribution in [0.3, 0.4) is 0 Å². The second-order valence-corrected chi connectivity index (χ2v) is 12.0. The molecular weight excluding hydrogens is 452 g/mol. The van der Waals surface area contributed by atoms with E-state index >= 15 is 0 Å². The molecule has 1 amide bonds. The van der Waals surface area contributed by atoms with Crippen LogP contribution in [0, 0.1) is 11.8 Å². The lowest BCUT2D eigenvalue weighted by Crippen LogP contribution is -2.40. The zero-order valence-corrected chi connectivity index (χ0v) is 21.2. The van der Waals surface area contributed by atoms with Crippen LogP contribution in [0.2, 0.25) is 0 Å². The normalized spacial score (nSPS) is 22.3. The third-order valence-corrected chi connectivity index (χ3v) is 8.88. The van der Waals surface area contributed by atoms with E-state index in [1.54, 1.807) is 17.7 Å². The number of amides is 1. The molecular formula is C25H36N4O4S. The van der Waals surface area contributed by atoms with Crippen LogP contribution in [0.15, 0.2) is 34.1 Å². The van der Waals surface area contributed by atoms with Crippen LogP contribution >= 0.6 is 0 Å². The largest absolute Gasteiger partial charge is 0.352 e. The molecule has 1 N–H and O–H groups in total. The number of aryl methyl sites for hydroxylation is 1. The van der Waals surface area contributed by atoms with Gasteiger partial charge >= 0.3 is 0 Å². The Morgan fingerprint density at radius 2 is 1.79 bits per heavy atom. The van der Waals surface area contributed by atoms with Crippen molar-refractivity contribution in [2.45, 2.75) is 44.4 Å². The van der Waals surface area contributed by atoms with E-state index in [0.29, 0.717) is 37.0 Å². The maximum atomic E-state index is 13.2. The third kappa shape index (κ3) is 5.21. The number of benzene rings is 1. The highest BCUT2D eigenvalue weighted by atomic mass is 32.2. The summed E-state index contributed by atoms with van der Waals surface area (Å²) in [6.45, 7) is 9.14. The minimum Gasteiger partial charge on any atom is -0.352 e. The third-order valence-electron chi connectivity index (χ3n) is 6.99. The molecule has 0 bridgehead atoms. The second kappa shape index (κ2) is 10.2. The number of hydrogen-bond donors (Lipinski definition) is 1. The van der Waals surface area contributed by atoms with E-state index in [2.05, 4.69) is 24.1 Å². The molecule has 9 heteroatoms. The van der Waals surface area contributed by atoms with Gasteiger partial charge in [0.2, 0.25) is 15.5 Å². The zero-order chi connectivity index (χ0) is 24.5. The van der Waals surface area contributed by atoms with Crippen LogP contribution in [0.4, 0.5) is 0 Å². The maximum absolute atomic E-state index is 13.2. The van der Waals surface area contributed by atoms with Crippen LogP contribution < -0.4 is 10.7 Å². The number of likely N-dealkylation sites (tertiary alicyclic amines) is 1. The van der Waals surface area contributed by atoms with Gasteiger partial charge in [0, 0.05) is 51.4 Å². The molecule has 2 saturated heterocycles. The highest BCUT2D eigenvalue weighted by molar-refractivity contribution is 7.89. The molecule has 8 nitrogen and oxygen atoms in total. The molecule has 2 fully saturated rings. The fourth-order valence-corrected chi connectivity index (χ4v) is 6.99. The van der Waals surface area contributed by atoms with E-state index in [0.717, 1.165) is 38.9 Å².